The normalized spacial score (nSPS) is 12.1. The summed E-state index contributed by atoms with van der Waals surface area (Å²) in [6.07, 6.45) is 83.7. The largest absolute Gasteiger partial charge is 0.462 e. The van der Waals surface area contributed by atoms with Crippen LogP contribution in [0.2, 0.25) is 0 Å². The molecule has 0 spiro atoms. The zero-order valence-electron chi connectivity index (χ0n) is 53.7. The lowest BCUT2D eigenvalue weighted by molar-refractivity contribution is -0.167. The molecule has 0 aromatic heterocycles. The van der Waals surface area contributed by atoms with Crippen LogP contribution in [0.3, 0.4) is 0 Å². The van der Waals surface area contributed by atoms with Crippen LogP contribution in [0.15, 0.2) is 24.3 Å². The SMILES string of the molecule is CCCCCCC/C=C\C/C=C\CCCCCCCCCCCCCCCCCCCCCCCC(=O)OCC(COC(=O)CCCCCCCCCCCCCC)OC(=O)CCCCCCCCCCCCCCCCCC. The first-order chi connectivity index (χ1) is 39.0. The quantitative estimate of drug-likeness (QED) is 0.0261. The lowest BCUT2D eigenvalue weighted by atomic mass is 10.0. The van der Waals surface area contributed by atoms with Gasteiger partial charge in [0.15, 0.2) is 6.10 Å². The van der Waals surface area contributed by atoms with Crippen molar-refractivity contribution < 1.29 is 28.6 Å². The number of rotatable bonds is 67. The van der Waals surface area contributed by atoms with Gasteiger partial charge in [-0.3, -0.25) is 14.4 Å². The van der Waals surface area contributed by atoms with Crippen LogP contribution >= 0.6 is 0 Å². The van der Waals surface area contributed by atoms with Crippen molar-refractivity contribution in [2.75, 3.05) is 13.2 Å². The second-order valence-electron chi connectivity index (χ2n) is 24.5. The van der Waals surface area contributed by atoms with E-state index in [1.807, 2.05) is 0 Å². The summed E-state index contributed by atoms with van der Waals surface area (Å²) in [5, 5.41) is 0. The molecule has 6 heteroatoms. The highest BCUT2D eigenvalue weighted by molar-refractivity contribution is 5.71. The van der Waals surface area contributed by atoms with Crippen LogP contribution in [0.1, 0.15) is 406 Å². The highest BCUT2D eigenvalue weighted by Crippen LogP contribution is 2.19. The van der Waals surface area contributed by atoms with Crippen molar-refractivity contribution in [2.24, 2.45) is 0 Å². The van der Waals surface area contributed by atoms with Gasteiger partial charge in [-0.2, -0.15) is 0 Å². The molecule has 0 bridgehead atoms. The second-order valence-corrected chi connectivity index (χ2v) is 24.5. The molecule has 0 aliphatic rings. The van der Waals surface area contributed by atoms with Crippen LogP contribution in [0.4, 0.5) is 0 Å². The third-order valence-electron chi connectivity index (χ3n) is 16.5. The maximum atomic E-state index is 12.9. The predicted octanol–water partition coefficient (Wildman–Crippen LogP) is 24.6. The highest BCUT2D eigenvalue weighted by Gasteiger charge is 2.19. The fourth-order valence-corrected chi connectivity index (χ4v) is 11.1. The second kappa shape index (κ2) is 68.4. The Morgan fingerprint density at radius 2 is 0.456 bits per heavy atom. The van der Waals surface area contributed by atoms with Crippen molar-refractivity contribution in [3.63, 3.8) is 0 Å². The van der Waals surface area contributed by atoms with Gasteiger partial charge in [0.2, 0.25) is 0 Å². The van der Waals surface area contributed by atoms with E-state index in [1.165, 1.54) is 302 Å². The molecule has 1 atom stereocenters. The van der Waals surface area contributed by atoms with E-state index >= 15 is 0 Å². The van der Waals surface area contributed by atoms with E-state index in [0.717, 1.165) is 64.2 Å². The lowest BCUT2D eigenvalue weighted by Crippen LogP contribution is -2.30. The van der Waals surface area contributed by atoms with Gasteiger partial charge in [0.1, 0.15) is 13.2 Å². The predicted molar refractivity (Wildman–Crippen MR) is 344 cm³/mol. The molecule has 0 aromatic rings. The number of allylic oxidation sites excluding steroid dienone is 4. The molecule has 0 radical (unpaired) electrons. The summed E-state index contributed by atoms with van der Waals surface area (Å²) in [4.78, 5) is 38.3. The zero-order chi connectivity index (χ0) is 57.1. The van der Waals surface area contributed by atoms with Crippen LogP contribution in [-0.2, 0) is 28.6 Å². The number of hydrogen-bond acceptors (Lipinski definition) is 6. The lowest BCUT2D eigenvalue weighted by Gasteiger charge is -2.18. The Hall–Kier alpha value is -2.11. The van der Waals surface area contributed by atoms with Gasteiger partial charge >= 0.3 is 17.9 Å². The Morgan fingerprint density at radius 1 is 0.253 bits per heavy atom. The van der Waals surface area contributed by atoms with Crippen LogP contribution in [0, 0.1) is 0 Å². The number of esters is 3. The highest BCUT2D eigenvalue weighted by atomic mass is 16.6. The molecule has 0 aromatic carbocycles. The average Bonchev–Trinajstić information content (AvgIpc) is 3.45. The summed E-state index contributed by atoms with van der Waals surface area (Å²) in [5.41, 5.74) is 0. The van der Waals surface area contributed by atoms with Crippen LogP contribution < -0.4 is 0 Å². The molecule has 466 valence electrons. The molecule has 0 aliphatic heterocycles. The maximum Gasteiger partial charge on any atom is 0.306 e. The Balaban J connectivity index is 4.06. The smallest absolute Gasteiger partial charge is 0.306 e. The minimum absolute atomic E-state index is 0.0628. The molecule has 0 aliphatic carbocycles. The number of hydrogen-bond donors (Lipinski definition) is 0. The standard InChI is InChI=1S/C73H138O6/c1-4-7-10-13-16-19-22-25-27-29-30-31-32-33-34-35-36-37-38-39-40-41-42-43-44-45-47-48-51-54-57-60-63-66-72(75)78-69-70(68-77-71(74)65-62-59-56-53-50-24-21-18-15-12-9-6-3)79-73(76)67-64-61-58-55-52-49-46-28-26-23-20-17-14-11-8-5-2/h22,25,29-30,70H,4-21,23-24,26-28,31-69H2,1-3H3/b25-22-,30-29-. The van der Waals surface area contributed by atoms with E-state index in [-0.39, 0.29) is 31.1 Å². The van der Waals surface area contributed by atoms with Crippen LogP contribution in [-0.4, -0.2) is 37.2 Å². The first kappa shape index (κ1) is 76.9. The molecule has 6 nitrogen and oxygen atoms in total. The summed E-state index contributed by atoms with van der Waals surface area (Å²) in [5.74, 6) is -0.830. The van der Waals surface area contributed by atoms with Crippen molar-refractivity contribution in [2.45, 2.75) is 412 Å². The Labute approximate surface area is 493 Å². The van der Waals surface area contributed by atoms with E-state index in [4.69, 9.17) is 14.2 Å². The van der Waals surface area contributed by atoms with Crippen LogP contribution in [0.25, 0.3) is 0 Å². The van der Waals surface area contributed by atoms with E-state index in [2.05, 4.69) is 45.1 Å². The van der Waals surface area contributed by atoms with Gasteiger partial charge in [0.05, 0.1) is 0 Å². The summed E-state index contributed by atoms with van der Waals surface area (Å²) >= 11 is 0. The fraction of sp³-hybridized carbons (Fsp3) is 0.904. The van der Waals surface area contributed by atoms with Gasteiger partial charge in [-0.05, 0) is 51.4 Å². The molecule has 0 amide bonds. The molecule has 0 saturated carbocycles. The molecular weight excluding hydrogens is 973 g/mol. The third kappa shape index (κ3) is 66.6. The molecular formula is C73H138O6. The first-order valence-electron chi connectivity index (χ1n) is 35.8. The molecule has 1 unspecified atom stereocenters. The van der Waals surface area contributed by atoms with Gasteiger partial charge in [-0.25, -0.2) is 0 Å². The van der Waals surface area contributed by atoms with Crippen molar-refractivity contribution in [3.05, 3.63) is 24.3 Å². The van der Waals surface area contributed by atoms with Crippen molar-refractivity contribution in [1.82, 2.24) is 0 Å². The monoisotopic (exact) mass is 1110 g/mol. The molecule has 0 saturated heterocycles. The summed E-state index contributed by atoms with van der Waals surface area (Å²) in [7, 11) is 0. The molecule has 0 fully saturated rings. The minimum atomic E-state index is -0.765. The zero-order valence-corrected chi connectivity index (χ0v) is 53.7. The van der Waals surface area contributed by atoms with Crippen LogP contribution in [0.5, 0.6) is 0 Å². The van der Waals surface area contributed by atoms with E-state index < -0.39 is 6.10 Å². The summed E-state index contributed by atoms with van der Waals surface area (Å²) in [6.45, 7) is 6.70. The Morgan fingerprint density at radius 3 is 0.696 bits per heavy atom. The van der Waals surface area contributed by atoms with E-state index in [0.29, 0.717) is 19.3 Å². The minimum Gasteiger partial charge on any atom is -0.462 e. The molecule has 0 rings (SSSR count). The van der Waals surface area contributed by atoms with Crippen molar-refractivity contribution in [3.8, 4) is 0 Å². The van der Waals surface area contributed by atoms with Gasteiger partial charge < -0.3 is 14.2 Å². The van der Waals surface area contributed by atoms with Gasteiger partial charge in [0, 0.05) is 19.3 Å². The van der Waals surface area contributed by atoms with Crippen molar-refractivity contribution in [1.29, 1.82) is 0 Å². The Bertz CT molecular complexity index is 1270. The van der Waals surface area contributed by atoms with E-state index in [9.17, 15) is 14.4 Å². The number of carbonyl (C=O) groups is 3. The average molecular weight is 1110 g/mol. The number of carbonyl (C=O) groups excluding carboxylic acids is 3. The van der Waals surface area contributed by atoms with Crippen molar-refractivity contribution >= 4 is 17.9 Å². The topological polar surface area (TPSA) is 78.9 Å². The summed E-state index contributed by atoms with van der Waals surface area (Å²) in [6, 6.07) is 0. The molecule has 0 N–H and O–H groups in total. The third-order valence-corrected chi connectivity index (χ3v) is 16.5. The number of ether oxygens (including phenoxy) is 3. The maximum absolute atomic E-state index is 12.9. The van der Waals surface area contributed by atoms with Gasteiger partial charge in [0.25, 0.3) is 0 Å². The Kier molecular flexibility index (Phi) is 66.6. The summed E-state index contributed by atoms with van der Waals surface area (Å²) < 4.78 is 17.0. The molecule has 0 heterocycles. The fourth-order valence-electron chi connectivity index (χ4n) is 11.1. The van der Waals surface area contributed by atoms with Gasteiger partial charge in [-0.15, -0.1) is 0 Å². The molecule has 79 heavy (non-hydrogen) atoms. The van der Waals surface area contributed by atoms with Gasteiger partial charge in [-0.1, -0.05) is 360 Å². The first-order valence-corrected chi connectivity index (χ1v) is 35.8. The number of unbranched alkanes of at least 4 members (excludes halogenated alkanes) is 52. The van der Waals surface area contributed by atoms with E-state index in [1.54, 1.807) is 0 Å².